The molecule has 0 N–H and O–H groups in total. The van der Waals surface area contributed by atoms with Crippen LogP contribution in [0.4, 0.5) is 0 Å². The molecule has 2 aliphatic rings. The zero-order valence-corrected chi connectivity index (χ0v) is 5.67. The summed E-state index contributed by atoms with van der Waals surface area (Å²) >= 11 is 0. The van der Waals surface area contributed by atoms with E-state index in [1.54, 1.807) is 0 Å². The molecule has 0 aromatic rings. The lowest BCUT2D eigenvalue weighted by Crippen LogP contribution is -2.55. The van der Waals surface area contributed by atoms with Crippen molar-refractivity contribution in [3.8, 4) is 0 Å². The highest BCUT2D eigenvalue weighted by Crippen LogP contribution is 2.30. The van der Waals surface area contributed by atoms with E-state index in [4.69, 9.17) is 9.47 Å². The predicted octanol–water partition coefficient (Wildman–Crippen LogP) is 0.953. The third kappa shape index (κ3) is 0.775. The maximum Gasteiger partial charge on any atom is 0.109 e. The molecule has 0 aromatic carbocycles. The van der Waals surface area contributed by atoms with Gasteiger partial charge < -0.3 is 9.47 Å². The van der Waals surface area contributed by atoms with Crippen LogP contribution in [-0.4, -0.2) is 24.9 Å². The maximum atomic E-state index is 5.46. The van der Waals surface area contributed by atoms with Gasteiger partial charge in [-0.25, -0.2) is 0 Å². The van der Waals surface area contributed by atoms with Crippen molar-refractivity contribution in [3.05, 3.63) is 0 Å². The van der Waals surface area contributed by atoms with Crippen LogP contribution in [0.25, 0.3) is 0 Å². The third-order valence-electron chi connectivity index (χ3n) is 2.16. The van der Waals surface area contributed by atoms with Gasteiger partial charge >= 0.3 is 0 Å². The van der Waals surface area contributed by atoms with Crippen LogP contribution in [0.1, 0.15) is 19.8 Å². The zero-order valence-electron chi connectivity index (χ0n) is 5.67. The second-order valence-electron chi connectivity index (χ2n) is 2.86. The van der Waals surface area contributed by atoms with Crippen LogP contribution in [0, 0.1) is 0 Å². The summed E-state index contributed by atoms with van der Waals surface area (Å²) in [5.41, 5.74) is 0. The van der Waals surface area contributed by atoms with E-state index in [9.17, 15) is 0 Å². The minimum absolute atomic E-state index is 0.357. The third-order valence-corrected chi connectivity index (χ3v) is 2.16. The fraction of sp³-hybridized carbons (Fsp3) is 1.00. The van der Waals surface area contributed by atoms with Gasteiger partial charge in [0.1, 0.15) is 6.10 Å². The monoisotopic (exact) mass is 128 g/mol. The SMILES string of the molecule is C[C@@H]1O[C@@H]2CCCO[C@H]12. The van der Waals surface area contributed by atoms with Crippen LogP contribution in [0.15, 0.2) is 0 Å². The standard InChI is InChI=1S/C7H12O2/c1-5-7-6(9-5)3-2-4-8-7/h5-7H,2-4H2,1H3/t5-,6+,7+/m0/s1. The first-order chi connectivity index (χ1) is 4.38. The second-order valence-corrected chi connectivity index (χ2v) is 2.86. The Hall–Kier alpha value is -0.0800. The summed E-state index contributed by atoms with van der Waals surface area (Å²) < 4.78 is 10.9. The molecule has 2 rings (SSSR count). The van der Waals surface area contributed by atoms with E-state index >= 15 is 0 Å². The summed E-state index contributed by atoms with van der Waals surface area (Å²) in [6.45, 7) is 3.02. The van der Waals surface area contributed by atoms with Crippen LogP contribution in [0.5, 0.6) is 0 Å². The van der Waals surface area contributed by atoms with Gasteiger partial charge in [-0.15, -0.1) is 0 Å². The largest absolute Gasteiger partial charge is 0.373 e. The average molecular weight is 128 g/mol. The van der Waals surface area contributed by atoms with Crippen molar-refractivity contribution >= 4 is 0 Å². The molecule has 0 bridgehead atoms. The maximum absolute atomic E-state index is 5.46. The molecule has 0 aromatic heterocycles. The Morgan fingerprint density at radius 2 is 2.33 bits per heavy atom. The number of fused-ring (bicyclic) bond motifs is 1. The molecule has 0 saturated carbocycles. The van der Waals surface area contributed by atoms with Gasteiger partial charge in [0.2, 0.25) is 0 Å². The van der Waals surface area contributed by atoms with E-state index < -0.39 is 0 Å². The summed E-state index contributed by atoms with van der Waals surface area (Å²) in [7, 11) is 0. The first-order valence-electron chi connectivity index (χ1n) is 3.65. The Morgan fingerprint density at radius 3 is 2.89 bits per heavy atom. The van der Waals surface area contributed by atoms with Gasteiger partial charge in [-0.3, -0.25) is 0 Å². The normalized spacial score (nSPS) is 49.7. The van der Waals surface area contributed by atoms with Crippen LogP contribution in [0.2, 0.25) is 0 Å². The molecular formula is C7H12O2. The molecule has 9 heavy (non-hydrogen) atoms. The molecule has 3 atom stereocenters. The van der Waals surface area contributed by atoms with E-state index in [2.05, 4.69) is 6.92 Å². The van der Waals surface area contributed by atoms with Crippen LogP contribution >= 0.6 is 0 Å². The first-order valence-corrected chi connectivity index (χ1v) is 3.65. The van der Waals surface area contributed by atoms with Crippen molar-refractivity contribution in [2.24, 2.45) is 0 Å². The Balaban J connectivity index is 1.94. The van der Waals surface area contributed by atoms with Crippen molar-refractivity contribution in [3.63, 3.8) is 0 Å². The molecular weight excluding hydrogens is 116 g/mol. The topological polar surface area (TPSA) is 18.5 Å². The van der Waals surface area contributed by atoms with Gasteiger partial charge in [0.15, 0.2) is 0 Å². The van der Waals surface area contributed by atoms with Crippen molar-refractivity contribution in [2.75, 3.05) is 6.61 Å². The van der Waals surface area contributed by atoms with Gasteiger partial charge in [-0.2, -0.15) is 0 Å². The molecule has 2 saturated heterocycles. The highest BCUT2D eigenvalue weighted by molar-refractivity contribution is 4.89. The van der Waals surface area contributed by atoms with Crippen molar-refractivity contribution in [1.29, 1.82) is 0 Å². The molecule has 52 valence electrons. The smallest absolute Gasteiger partial charge is 0.109 e. The Kier molecular flexibility index (Phi) is 1.24. The molecule has 2 aliphatic heterocycles. The molecule has 2 heteroatoms. The van der Waals surface area contributed by atoms with Gasteiger partial charge in [0, 0.05) is 6.61 Å². The van der Waals surface area contributed by atoms with Crippen LogP contribution < -0.4 is 0 Å². The van der Waals surface area contributed by atoms with Crippen molar-refractivity contribution in [1.82, 2.24) is 0 Å². The Morgan fingerprint density at radius 1 is 1.44 bits per heavy atom. The minimum Gasteiger partial charge on any atom is -0.373 e. The molecule has 0 radical (unpaired) electrons. The second kappa shape index (κ2) is 1.96. The van der Waals surface area contributed by atoms with Crippen LogP contribution in [0.3, 0.4) is 0 Å². The molecule has 0 amide bonds. The number of ether oxygens (including phenoxy) is 2. The average Bonchev–Trinajstić information content (AvgIpc) is 1.86. The summed E-state index contributed by atoms with van der Waals surface area (Å²) in [6, 6.07) is 0. The lowest BCUT2D eigenvalue weighted by atomic mass is 9.96. The van der Waals surface area contributed by atoms with E-state index in [1.807, 2.05) is 0 Å². The minimum atomic E-state index is 0.357. The molecule has 0 aliphatic carbocycles. The van der Waals surface area contributed by atoms with E-state index in [0.717, 1.165) is 6.61 Å². The summed E-state index contributed by atoms with van der Waals surface area (Å²) in [5.74, 6) is 0. The lowest BCUT2D eigenvalue weighted by molar-refractivity contribution is -0.254. The fourth-order valence-electron chi connectivity index (χ4n) is 1.62. The number of rotatable bonds is 0. The van der Waals surface area contributed by atoms with Gasteiger partial charge in [-0.05, 0) is 19.8 Å². The fourth-order valence-corrected chi connectivity index (χ4v) is 1.62. The predicted molar refractivity (Wildman–Crippen MR) is 33.3 cm³/mol. The quantitative estimate of drug-likeness (QED) is 0.483. The Bertz CT molecular complexity index is 111. The van der Waals surface area contributed by atoms with Gasteiger partial charge in [-0.1, -0.05) is 0 Å². The lowest BCUT2D eigenvalue weighted by Gasteiger charge is -2.45. The molecule has 2 nitrogen and oxygen atoms in total. The Labute approximate surface area is 55.1 Å². The summed E-state index contributed by atoms with van der Waals surface area (Å²) in [6.07, 6.45) is 3.60. The van der Waals surface area contributed by atoms with E-state index in [0.29, 0.717) is 18.3 Å². The molecule has 2 heterocycles. The number of hydrogen-bond acceptors (Lipinski definition) is 2. The zero-order chi connectivity index (χ0) is 6.27. The first kappa shape index (κ1) is 5.69. The van der Waals surface area contributed by atoms with E-state index in [1.165, 1.54) is 12.8 Å². The molecule has 0 unspecified atom stereocenters. The summed E-state index contributed by atoms with van der Waals surface area (Å²) in [4.78, 5) is 0. The van der Waals surface area contributed by atoms with Crippen LogP contribution in [-0.2, 0) is 9.47 Å². The molecule has 0 spiro atoms. The summed E-state index contributed by atoms with van der Waals surface area (Å²) in [5, 5.41) is 0. The highest BCUT2D eigenvalue weighted by atomic mass is 16.6. The van der Waals surface area contributed by atoms with E-state index in [-0.39, 0.29) is 0 Å². The van der Waals surface area contributed by atoms with Gasteiger partial charge in [0.05, 0.1) is 12.2 Å². The van der Waals surface area contributed by atoms with Crippen molar-refractivity contribution in [2.45, 2.75) is 38.1 Å². The number of hydrogen-bond donors (Lipinski definition) is 0. The van der Waals surface area contributed by atoms with Gasteiger partial charge in [0.25, 0.3) is 0 Å². The van der Waals surface area contributed by atoms with Crippen molar-refractivity contribution < 1.29 is 9.47 Å². The molecule has 2 fully saturated rings. The highest BCUT2D eigenvalue weighted by Gasteiger charge is 2.41.